The highest BCUT2D eigenvalue weighted by atomic mass is 35.5. The van der Waals surface area contributed by atoms with Gasteiger partial charge in [-0.3, -0.25) is 4.99 Å². The topological polar surface area (TPSA) is 50.4 Å². The Morgan fingerprint density at radius 1 is 1.24 bits per heavy atom. The molecule has 1 aromatic heterocycles. The first-order valence-corrected chi connectivity index (χ1v) is 8.33. The van der Waals surface area contributed by atoms with E-state index >= 15 is 0 Å². The van der Waals surface area contributed by atoms with Crippen LogP contribution in [0.1, 0.15) is 22.4 Å². The average Bonchev–Trinajstić information content (AvgIpc) is 3.07. The standard InChI is InChI=1S/C16H18ClN3S/c17-15-7-6-14(21-15)8-9-19-16(18)20-13-5-4-11-2-1-3-12(11)10-13/h4-7,10H,1-3,8-9H2,(H3,18,19,20). The van der Waals surface area contributed by atoms with Crippen molar-refractivity contribution in [2.24, 2.45) is 10.7 Å². The molecule has 3 rings (SSSR count). The molecule has 1 heterocycles. The smallest absolute Gasteiger partial charge is 0.193 e. The molecule has 0 atom stereocenters. The van der Waals surface area contributed by atoms with Crippen LogP contribution in [0.4, 0.5) is 5.69 Å². The summed E-state index contributed by atoms with van der Waals surface area (Å²) in [7, 11) is 0. The van der Waals surface area contributed by atoms with E-state index in [-0.39, 0.29) is 0 Å². The van der Waals surface area contributed by atoms with Crippen LogP contribution in [-0.4, -0.2) is 12.5 Å². The quantitative estimate of drug-likeness (QED) is 0.664. The normalized spacial score (nSPS) is 14.2. The SMILES string of the molecule is NC(=NCCc1ccc(Cl)s1)Nc1ccc2c(c1)CCC2. The maximum absolute atomic E-state index is 5.94. The van der Waals surface area contributed by atoms with Crippen molar-refractivity contribution in [2.45, 2.75) is 25.7 Å². The highest BCUT2D eigenvalue weighted by molar-refractivity contribution is 7.16. The van der Waals surface area contributed by atoms with Crippen molar-refractivity contribution in [3.05, 3.63) is 50.7 Å². The van der Waals surface area contributed by atoms with Crippen LogP contribution in [0.15, 0.2) is 35.3 Å². The van der Waals surface area contributed by atoms with E-state index in [9.17, 15) is 0 Å². The molecule has 2 aromatic rings. The largest absolute Gasteiger partial charge is 0.370 e. The van der Waals surface area contributed by atoms with Gasteiger partial charge in [0.05, 0.1) is 4.34 Å². The summed E-state index contributed by atoms with van der Waals surface area (Å²) in [4.78, 5) is 5.60. The average molecular weight is 320 g/mol. The summed E-state index contributed by atoms with van der Waals surface area (Å²) < 4.78 is 0.818. The second-order valence-corrected chi connectivity index (χ2v) is 6.98. The third-order valence-corrected chi connectivity index (χ3v) is 4.93. The molecule has 1 aliphatic rings. The molecule has 0 spiro atoms. The highest BCUT2D eigenvalue weighted by Crippen LogP contribution is 2.25. The number of nitrogens with two attached hydrogens (primary N) is 1. The van der Waals surface area contributed by atoms with Gasteiger partial charge in [0.25, 0.3) is 0 Å². The van der Waals surface area contributed by atoms with Crippen LogP contribution < -0.4 is 11.1 Å². The first-order chi connectivity index (χ1) is 10.2. The van der Waals surface area contributed by atoms with Gasteiger partial charge < -0.3 is 11.1 Å². The molecule has 1 aliphatic carbocycles. The van der Waals surface area contributed by atoms with Gasteiger partial charge in [-0.2, -0.15) is 0 Å². The third-order valence-electron chi connectivity index (χ3n) is 3.64. The minimum Gasteiger partial charge on any atom is -0.370 e. The van der Waals surface area contributed by atoms with E-state index < -0.39 is 0 Å². The Labute approximate surface area is 133 Å². The molecular weight excluding hydrogens is 302 g/mol. The summed E-state index contributed by atoms with van der Waals surface area (Å²) in [5, 5.41) is 3.17. The second-order valence-electron chi connectivity index (χ2n) is 5.18. The first-order valence-electron chi connectivity index (χ1n) is 7.14. The fourth-order valence-electron chi connectivity index (χ4n) is 2.61. The zero-order valence-electron chi connectivity index (χ0n) is 11.7. The van der Waals surface area contributed by atoms with Crippen molar-refractivity contribution in [1.29, 1.82) is 0 Å². The Bertz CT molecular complexity index is 663. The Morgan fingerprint density at radius 2 is 2.10 bits per heavy atom. The van der Waals surface area contributed by atoms with E-state index in [0.717, 1.165) is 16.4 Å². The zero-order valence-corrected chi connectivity index (χ0v) is 13.3. The number of hydrogen-bond acceptors (Lipinski definition) is 2. The van der Waals surface area contributed by atoms with Crippen molar-refractivity contribution in [3.63, 3.8) is 0 Å². The van der Waals surface area contributed by atoms with E-state index in [4.69, 9.17) is 17.3 Å². The van der Waals surface area contributed by atoms with Gasteiger partial charge in [-0.1, -0.05) is 17.7 Å². The molecule has 0 saturated heterocycles. The zero-order chi connectivity index (χ0) is 14.7. The number of aryl methyl sites for hydroxylation is 2. The number of fused-ring (bicyclic) bond motifs is 1. The summed E-state index contributed by atoms with van der Waals surface area (Å²) >= 11 is 7.49. The second kappa shape index (κ2) is 6.50. The first kappa shape index (κ1) is 14.4. The van der Waals surface area contributed by atoms with Crippen LogP contribution in [0, 0.1) is 0 Å². The molecule has 3 N–H and O–H groups in total. The number of nitrogens with one attached hydrogen (secondary N) is 1. The number of thiophene rings is 1. The lowest BCUT2D eigenvalue weighted by molar-refractivity contribution is 0.912. The van der Waals surface area contributed by atoms with Gasteiger partial charge in [0.15, 0.2) is 5.96 Å². The molecule has 5 heteroatoms. The molecule has 0 amide bonds. The van der Waals surface area contributed by atoms with Gasteiger partial charge >= 0.3 is 0 Å². The molecule has 0 saturated carbocycles. The monoisotopic (exact) mass is 319 g/mol. The van der Waals surface area contributed by atoms with E-state index in [0.29, 0.717) is 12.5 Å². The number of anilines is 1. The fraction of sp³-hybridized carbons (Fsp3) is 0.312. The van der Waals surface area contributed by atoms with E-state index in [1.165, 1.54) is 35.3 Å². The van der Waals surface area contributed by atoms with Crippen LogP contribution in [0.2, 0.25) is 4.34 Å². The van der Waals surface area contributed by atoms with Crippen LogP contribution >= 0.6 is 22.9 Å². The van der Waals surface area contributed by atoms with Crippen LogP contribution in [0.25, 0.3) is 0 Å². The number of guanidine groups is 1. The Hall–Kier alpha value is -1.52. The summed E-state index contributed by atoms with van der Waals surface area (Å²) in [6.45, 7) is 0.667. The number of rotatable bonds is 4. The van der Waals surface area contributed by atoms with E-state index in [1.54, 1.807) is 11.3 Å². The highest BCUT2D eigenvalue weighted by Gasteiger charge is 2.10. The lowest BCUT2D eigenvalue weighted by atomic mass is 10.1. The lowest BCUT2D eigenvalue weighted by Crippen LogP contribution is -2.23. The molecule has 1 aromatic carbocycles. The Morgan fingerprint density at radius 3 is 2.90 bits per heavy atom. The maximum Gasteiger partial charge on any atom is 0.193 e. The Kier molecular flexibility index (Phi) is 4.46. The van der Waals surface area contributed by atoms with Gasteiger partial charge in [-0.15, -0.1) is 11.3 Å². The number of hydrogen-bond donors (Lipinski definition) is 2. The molecule has 0 fully saturated rings. The van der Waals surface area contributed by atoms with Gasteiger partial charge in [0.1, 0.15) is 0 Å². The number of halogens is 1. The van der Waals surface area contributed by atoms with Crippen LogP contribution in [-0.2, 0) is 19.3 Å². The molecule has 21 heavy (non-hydrogen) atoms. The predicted octanol–water partition coefficient (Wildman–Crippen LogP) is 3.86. The van der Waals surface area contributed by atoms with Crippen LogP contribution in [0.5, 0.6) is 0 Å². The summed E-state index contributed by atoms with van der Waals surface area (Å²) in [5.41, 5.74) is 9.86. The number of benzene rings is 1. The lowest BCUT2D eigenvalue weighted by Gasteiger charge is -2.07. The van der Waals surface area contributed by atoms with Crippen LogP contribution in [0.3, 0.4) is 0 Å². The van der Waals surface area contributed by atoms with E-state index in [2.05, 4.69) is 28.5 Å². The summed E-state index contributed by atoms with van der Waals surface area (Å²) in [6, 6.07) is 10.4. The molecule has 0 bridgehead atoms. The van der Waals surface area contributed by atoms with Crippen molar-refractivity contribution < 1.29 is 0 Å². The summed E-state index contributed by atoms with van der Waals surface area (Å²) in [6.07, 6.45) is 4.49. The van der Waals surface area contributed by atoms with E-state index in [1.807, 2.05) is 12.1 Å². The Balaban J connectivity index is 1.55. The molecule has 0 unspecified atom stereocenters. The predicted molar refractivity (Wildman–Crippen MR) is 91.6 cm³/mol. The molecular formula is C16H18ClN3S. The molecule has 0 aliphatic heterocycles. The molecule has 110 valence electrons. The summed E-state index contributed by atoms with van der Waals surface area (Å²) in [5.74, 6) is 0.468. The molecule has 0 radical (unpaired) electrons. The van der Waals surface area contributed by atoms with Crippen molar-refractivity contribution in [3.8, 4) is 0 Å². The van der Waals surface area contributed by atoms with Crippen molar-refractivity contribution in [1.82, 2.24) is 0 Å². The van der Waals surface area contributed by atoms with Gasteiger partial charge in [0.2, 0.25) is 0 Å². The minimum atomic E-state index is 0.468. The van der Waals surface area contributed by atoms with Crippen molar-refractivity contribution >= 4 is 34.6 Å². The third kappa shape index (κ3) is 3.77. The number of aliphatic imine (C=N–C) groups is 1. The fourth-order valence-corrected chi connectivity index (χ4v) is 3.69. The maximum atomic E-state index is 5.94. The number of nitrogens with zero attached hydrogens (tertiary/aromatic N) is 1. The van der Waals surface area contributed by atoms with Gasteiger partial charge in [-0.25, -0.2) is 0 Å². The molecule has 3 nitrogen and oxygen atoms in total. The van der Waals surface area contributed by atoms with Gasteiger partial charge in [-0.05, 0) is 54.7 Å². The van der Waals surface area contributed by atoms with Crippen molar-refractivity contribution in [2.75, 3.05) is 11.9 Å². The van der Waals surface area contributed by atoms with Gasteiger partial charge in [0, 0.05) is 23.5 Å². The minimum absolute atomic E-state index is 0.468.